The first kappa shape index (κ1) is 113. The number of anilines is 7. The molecule has 760 valence electrons. The van der Waals surface area contributed by atoms with E-state index in [9.17, 15) is 105 Å². The minimum Gasteiger partial charge on any atom is -0.489 e. The van der Waals surface area contributed by atoms with E-state index in [2.05, 4.69) is 97.5 Å². The van der Waals surface area contributed by atoms with Crippen molar-refractivity contribution in [1.29, 1.82) is 15.8 Å². The molecule has 12 rings (SSSR count). The number of hydrogen-bond acceptors (Lipinski definition) is 40. The zero-order valence-electron chi connectivity index (χ0n) is 81.1. The molecule has 51 heteroatoms. The Hall–Kier alpha value is -18.8. The number of nitriles is 3. The summed E-state index contributed by atoms with van der Waals surface area (Å²) in [7, 11) is 8.42. The van der Waals surface area contributed by atoms with Crippen LogP contribution in [0.4, 0.5) is 101 Å². The summed E-state index contributed by atoms with van der Waals surface area (Å²) in [5, 5.41) is 129. The number of non-ortho nitro benzene ring substituents is 1. The number of thiophene rings is 1. The summed E-state index contributed by atoms with van der Waals surface area (Å²) in [4.78, 5) is 156. The summed E-state index contributed by atoms with van der Waals surface area (Å²) in [5.41, 5.74) is 12.1. The van der Waals surface area contributed by atoms with Crippen molar-refractivity contribution >= 4 is 187 Å². The first-order valence-corrected chi connectivity index (χ1v) is 45.1. The average Bonchev–Trinajstić information content (AvgIpc) is 1.64. The number of esters is 2. The largest absolute Gasteiger partial charge is 0.489 e. The zero-order valence-corrected chi connectivity index (χ0v) is 83.5. The van der Waals surface area contributed by atoms with Crippen LogP contribution in [0.15, 0.2) is 256 Å². The summed E-state index contributed by atoms with van der Waals surface area (Å²) in [5.74, 6) is -2.24. The highest BCUT2D eigenvalue weighted by molar-refractivity contribution is 9.10. The second-order valence-corrected chi connectivity index (χ2v) is 32.9. The number of azo groups is 3. The molecule has 0 radical (unpaired) electrons. The number of likely N-dealkylation sites (N-methyl/N-ethyl adjacent to an activating group) is 3. The fraction of sp³-hybridized carbons (Fsp3) is 0.240. The van der Waals surface area contributed by atoms with Gasteiger partial charge in [0, 0.05) is 134 Å². The number of imide groups is 1. The van der Waals surface area contributed by atoms with E-state index >= 15 is 0 Å². The number of hydrogen-bond donors (Lipinski definition) is 5. The molecule has 3 aliphatic rings. The van der Waals surface area contributed by atoms with E-state index in [1.165, 1.54) is 68.8 Å². The van der Waals surface area contributed by atoms with Crippen molar-refractivity contribution in [2.45, 2.75) is 68.6 Å². The number of carbonyl (C=O) groups is 8. The molecule has 0 unspecified atom stereocenters. The lowest BCUT2D eigenvalue weighted by Gasteiger charge is -2.29. The maximum Gasteiger partial charge on any atom is 0.333 e. The lowest BCUT2D eigenvalue weighted by Crippen LogP contribution is -2.41. The molecule has 4 heterocycles. The number of allylic oxidation sites excluding steroid dienone is 2. The highest BCUT2D eigenvalue weighted by Crippen LogP contribution is 2.44. The Kier molecular flexibility index (Phi) is 41.5. The van der Waals surface area contributed by atoms with Crippen molar-refractivity contribution in [3.05, 3.63) is 293 Å². The lowest BCUT2D eigenvalue weighted by atomic mass is 9.97. The third kappa shape index (κ3) is 30.9. The number of carbonyl (C=O) groups excluding carboxylic acids is 8. The van der Waals surface area contributed by atoms with Crippen LogP contribution in [-0.4, -0.2) is 191 Å². The third-order valence-electron chi connectivity index (χ3n) is 21.1. The van der Waals surface area contributed by atoms with Crippen LogP contribution in [0.25, 0.3) is 0 Å². The van der Waals surface area contributed by atoms with E-state index in [-0.39, 0.29) is 99.5 Å². The quantitative estimate of drug-likeness (QED) is 0.00809. The first-order valence-electron chi connectivity index (χ1n) is 43.5. The highest BCUT2D eigenvalue weighted by Gasteiger charge is 2.37. The molecule has 0 atom stereocenters. The number of halogens is 1. The van der Waals surface area contributed by atoms with Crippen molar-refractivity contribution in [2.75, 3.05) is 124 Å². The van der Waals surface area contributed by atoms with Crippen LogP contribution in [-0.2, 0) is 56.2 Å². The molecule has 8 aromatic carbocycles. The number of ether oxygens (including phenoxy) is 4. The average molecular weight is 2090 g/mol. The SMILES string of the molecule is C=C1C(C#N)=C(C)C(=NNc2ccc(CO)cc2[N+](=O)[O-])C(=O)N1CC.C=C1C(C#N)=C(C)C(=NNc2cccc(OCc3ccccc3)c2)C(=O)N1C.CC(=O)OCCN(CCOC(C)=O)c1ccc(N=Nc2sc([N+](=O)[O-])cc2[N+](=O)[O-])cc1.CCN(C)c1ccc(N=Nc2c(C#N)cc([N+](=O)[O-])cc2[N+](=O)[O-])c(NC(C)=O)c1.COCCN(C)c1ccc(N=Nc2cc3c(cc2Br)C(=O)N(C)C3=O)c(NC(C)=O)c1. The lowest BCUT2D eigenvalue weighted by molar-refractivity contribution is -0.393. The standard InChI is InChI=1S/C22H20N4O2.C21H22BrN5O4.C18H17N7O5.C18H19N5O8S.C17H17N5O4/c1-15-20(13-23)16(2)26(3)22(27)21(15)25-24-18-10-7-11-19(12-18)28-14-17-8-5-4-6-9-17;1-12(28)23-19-9-13(26(2)7-8-31-4)5-6-17(19)24-25-18-11-15-14(10-16(18)22)20(29)27(3)21(15)30;1-4-23(3)13-5-6-15(16(8-13)20-11(2)26)21-22-18-12(10-19)7-14(24(27)28)9-17(18)25(29)30;1-12(24)30-9-7-21(8-10-31-13(2)25)15-5-3-14(4-6-15)19-20-18-16(22(26)27)11-17(32-18)23(28)29;1-4-21-11(3)13(8-18)10(2)16(17(21)24)20-19-14-6-5-12(9-23)7-15(14)22(25)26/h4-12,24H,2,14H2,1,3H3;5-6,9-11H,7-8H2,1-4H3,(H,23,28);5-9H,4H2,1-3H3,(H,20,26);3-6,11H,7-10H2,1-2H3;5-7,19,23H,3-4,9H2,1-2H3. The molecule has 5 N–H and O–H groups in total. The van der Waals surface area contributed by atoms with Gasteiger partial charge in [-0.2, -0.15) is 26.0 Å². The Labute approximate surface area is 851 Å². The van der Waals surface area contributed by atoms with Gasteiger partial charge in [0.25, 0.3) is 35.0 Å². The topological polar surface area (TPSA) is 647 Å². The van der Waals surface area contributed by atoms with E-state index in [0.29, 0.717) is 147 Å². The Morgan fingerprint density at radius 1 is 0.531 bits per heavy atom. The second kappa shape index (κ2) is 53.7. The number of nitrogens with one attached hydrogen (secondary N) is 4. The number of fused-ring (bicyclic) bond motifs is 1. The van der Waals surface area contributed by atoms with Gasteiger partial charge in [0.2, 0.25) is 16.8 Å². The second-order valence-electron chi connectivity index (χ2n) is 31.0. The number of nitro benzene ring substituents is 3. The van der Waals surface area contributed by atoms with Crippen molar-refractivity contribution in [2.24, 2.45) is 40.9 Å². The molecule has 3 aliphatic heterocycles. The Morgan fingerprint density at radius 2 is 1.08 bits per heavy atom. The minimum atomic E-state index is -0.879. The van der Waals surface area contributed by atoms with Crippen LogP contribution in [0.3, 0.4) is 0 Å². The molecule has 147 heavy (non-hydrogen) atoms. The van der Waals surface area contributed by atoms with Crippen molar-refractivity contribution < 1.29 is 87.0 Å². The number of rotatable bonds is 35. The molecule has 0 aliphatic carbocycles. The van der Waals surface area contributed by atoms with Gasteiger partial charge in [0.15, 0.2) is 17.1 Å². The van der Waals surface area contributed by atoms with Crippen LogP contribution >= 0.6 is 27.3 Å². The van der Waals surface area contributed by atoms with Gasteiger partial charge in [0.1, 0.15) is 72.6 Å². The number of nitrogens with zero attached hydrogens (tertiary/aromatic N) is 22. The summed E-state index contributed by atoms with van der Waals surface area (Å²) in [6, 6.07) is 49.5. The predicted molar refractivity (Wildman–Crippen MR) is 546 cm³/mol. The molecular weight excluding hydrogens is 2000 g/mol. The van der Waals surface area contributed by atoms with Crippen molar-refractivity contribution in [3.63, 3.8) is 0 Å². The molecule has 1 aromatic heterocycles. The van der Waals surface area contributed by atoms with Crippen molar-refractivity contribution in [3.8, 4) is 24.0 Å². The Bertz CT molecular complexity index is 7000. The van der Waals surface area contributed by atoms with Gasteiger partial charge in [-0.05, 0) is 157 Å². The molecule has 0 fully saturated rings. The summed E-state index contributed by atoms with van der Waals surface area (Å²) in [6.45, 7) is 23.2. The Balaban J connectivity index is 0.000000224. The van der Waals surface area contributed by atoms with Gasteiger partial charge in [-0.25, -0.2) is 0 Å². The molecule has 49 nitrogen and oxygen atoms in total. The monoisotopic (exact) mass is 2090 g/mol. The summed E-state index contributed by atoms with van der Waals surface area (Å²) >= 11 is 3.93. The smallest absolute Gasteiger partial charge is 0.333 e. The van der Waals surface area contributed by atoms with Crippen molar-refractivity contribution in [1.82, 2.24) is 14.7 Å². The number of amides is 6. The molecule has 0 spiro atoms. The molecule has 0 saturated heterocycles. The number of aliphatic hydroxyl groups is 1. The van der Waals surface area contributed by atoms with Crippen LogP contribution < -0.4 is 40.9 Å². The van der Waals surface area contributed by atoms with E-state index < -0.39 is 70.2 Å². The van der Waals surface area contributed by atoms with E-state index in [1.807, 2.05) is 96.4 Å². The van der Waals surface area contributed by atoms with Gasteiger partial charge >= 0.3 is 28.3 Å². The molecule has 6 amide bonds. The van der Waals surface area contributed by atoms with E-state index in [0.717, 1.165) is 39.7 Å². The number of methoxy groups -OCH3 is 1. The van der Waals surface area contributed by atoms with Gasteiger partial charge in [-0.15, -0.1) is 30.7 Å². The molecule has 0 bridgehead atoms. The zero-order chi connectivity index (χ0) is 108. The number of nitro groups is 5. The van der Waals surface area contributed by atoms with Gasteiger partial charge in [-0.1, -0.05) is 55.6 Å². The van der Waals surface area contributed by atoms with Gasteiger partial charge in [0.05, 0.1) is 119 Å². The van der Waals surface area contributed by atoms with Crippen LogP contribution in [0.2, 0.25) is 0 Å². The molecule has 9 aromatic rings. The van der Waals surface area contributed by atoms with Gasteiger partial charge < -0.3 is 59.2 Å². The molecular formula is C96H95BrN26O23S. The predicted octanol–water partition coefficient (Wildman–Crippen LogP) is 18.2. The minimum absolute atomic E-state index is 0.0173. The fourth-order valence-electron chi connectivity index (χ4n) is 13.2. The van der Waals surface area contributed by atoms with Gasteiger partial charge in [-0.3, -0.25) is 105 Å². The highest BCUT2D eigenvalue weighted by atomic mass is 79.9. The summed E-state index contributed by atoms with van der Waals surface area (Å²) in [6.07, 6.45) is 0. The van der Waals surface area contributed by atoms with E-state index in [1.54, 1.807) is 108 Å². The normalized spacial score (nSPS) is 13.0. The maximum absolute atomic E-state index is 12.6. The maximum atomic E-state index is 12.6. The fourth-order valence-corrected chi connectivity index (χ4v) is 14.4. The number of hydrazone groups is 2. The number of benzene rings is 8. The van der Waals surface area contributed by atoms with Crippen LogP contribution in [0.5, 0.6) is 5.75 Å². The van der Waals surface area contributed by atoms with E-state index in [4.69, 9.17) is 24.1 Å². The Morgan fingerprint density at radius 3 is 1.61 bits per heavy atom. The number of aliphatic hydroxyl groups excluding tert-OH is 1. The third-order valence-corrected chi connectivity index (χ3v) is 22.7. The van der Waals surface area contributed by atoms with Crippen LogP contribution in [0.1, 0.15) is 92.8 Å². The first-order chi connectivity index (χ1) is 69.9. The van der Waals surface area contributed by atoms with Crippen LogP contribution in [0, 0.1) is 84.6 Å². The molecule has 0 saturated carbocycles. The summed E-state index contributed by atoms with van der Waals surface area (Å²) < 4.78 is 21.4.